The van der Waals surface area contributed by atoms with Crippen molar-refractivity contribution in [2.75, 3.05) is 39.5 Å². The van der Waals surface area contributed by atoms with E-state index < -0.39 is 0 Å². The molecule has 0 aliphatic carbocycles. The zero-order chi connectivity index (χ0) is 8.39. The van der Waals surface area contributed by atoms with E-state index >= 15 is 0 Å². The summed E-state index contributed by atoms with van der Waals surface area (Å²) < 4.78 is 10.6. The van der Waals surface area contributed by atoms with Crippen LogP contribution in [0.2, 0.25) is 0 Å². The third-order valence-electron chi connectivity index (χ3n) is 2.61. The minimum atomic E-state index is 0.197. The predicted molar refractivity (Wildman–Crippen MR) is 45.0 cm³/mol. The third kappa shape index (κ3) is 1.61. The van der Waals surface area contributed by atoms with E-state index in [0.717, 1.165) is 32.9 Å². The van der Waals surface area contributed by atoms with Gasteiger partial charge in [0, 0.05) is 19.1 Å². The molecule has 2 aliphatic heterocycles. The van der Waals surface area contributed by atoms with E-state index in [1.54, 1.807) is 0 Å². The second-order valence-corrected chi connectivity index (χ2v) is 3.42. The van der Waals surface area contributed by atoms with E-state index in [4.69, 9.17) is 15.2 Å². The average Bonchev–Trinajstić information content (AvgIpc) is 2.53. The number of hydrogen-bond acceptors (Lipinski definition) is 4. The average molecular weight is 172 g/mol. The Bertz CT molecular complexity index is 148. The highest BCUT2D eigenvalue weighted by Gasteiger charge is 2.30. The van der Waals surface area contributed by atoms with E-state index in [9.17, 15) is 0 Å². The second kappa shape index (κ2) is 3.70. The van der Waals surface area contributed by atoms with Crippen molar-refractivity contribution in [2.45, 2.75) is 12.1 Å². The first-order valence-corrected chi connectivity index (χ1v) is 4.53. The molecule has 0 aromatic carbocycles. The molecule has 0 radical (unpaired) electrons. The van der Waals surface area contributed by atoms with Crippen LogP contribution in [0.25, 0.3) is 0 Å². The van der Waals surface area contributed by atoms with E-state index in [2.05, 4.69) is 4.90 Å². The van der Waals surface area contributed by atoms with Gasteiger partial charge in [0.05, 0.1) is 32.5 Å². The third-order valence-corrected chi connectivity index (χ3v) is 2.61. The summed E-state index contributed by atoms with van der Waals surface area (Å²) in [5.41, 5.74) is 5.90. The number of ether oxygens (including phenoxy) is 2. The Morgan fingerprint density at radius 2 is 1.83 bits per heavy atom. The quantitative estimate of drug-likeness (QED) is 0.553. The van der Waals surface area contributed by atoms with Gasteiger partial charge in [-0.15, -0.1) is 0 Å². The molecule has 12 heavy (non-hydrogen) atoms. The van der Waals surface area contributed by atoms with E-state index in [1.165, 1.54) is 0 Å². The molecule has 0 bridgehead atoms. The van der Waals surface area contributed by atoms with Gasteiger partial charge < -0.3 is 15.2 Å². The Morgan fingerprint density at radius 1 is 1.08 bits per heavy atom. The molecule has 4 heteroatoms. The molecule has 2 aliphatic rings. The molecule has 2 rings (SSSR count). The molecule has 2 N–H and O–H groups in total. The molecule has 0 amide bonds. The number of rotatable bonds is 1. The maximum absolute atomic E-state index is 5.90. The van der Waals surface area contributed by atoms with E-state index in [0.29, 0.717) is 12.6 Å². The standard InChI is InChI=1S/C8H16N2O2/c9-7-5-12-6-8(7)10-1-3-11-4-2-10/h7-8H,1-6,9H2/t7-,8+/m1/s1. The minimum absolute atomic E-state index is 0.197. The first-order chi connectivity index (χ1) is 5.88. The largest absolute Gasteiger partial charge is 0.379 e. The zero-order valence-corrected chi connectivity index (χ0v) is 7.24. The normalized spacial score (nSPS) is 38.8. The molecule has 0 spiro atoms. The van der Waals surface area contributed by atoms with Crippen LogP contribution in [0.4, 0.5) is 0 Å². The summed E-state index contributed by atoms with van der Waals surface area (Å²) in [6.07, 6.45) is 0. The predicted octanol–water partition coefficient (Wildman–Crippen LogP) is -0.955. The maximum Gasteiger partial charge on any atom is 0.0638 e. The van der Waals surface area contributed by atoms with Crippen LogP contribution in [0.3, 0.4) is 0 Å². The molecular weight excluding hydrogens is 156 g/mol. The first-order valence-electron chi connectivity index (χ1n) is 4.53. The molecule has 0 saturated carbocycles. The Balaban J connectivity index is 1.89. The second-order valence-electron chi connectivity index (χ2n) is 3.42. The van der Waals surface area contributed by atoms with Crippen molar-refractivity contribution >= 4 is 0 Å². The fraction of sp³-hybridized carbons (Fsp3) is 1.00. The van der Waals surface area contributed by atoms with Crippen molar-refractivity contribution < 1.29 is 9.47 Å². The Morgan fingerprint density at radius 3 is 2.42 bits per heavy atom. The van der Waals surface area contributed by atoms with Crippen LogP contribution in [0.5, 0.6) is 0 Å². The Labute approximate surface area is 72.6 Å². The molecule has 0 aromatic heterocycles. The maximum atomic E-state index is 5.90. The van der Waals surface area contributed by atoms with Gasteiger partial charge in [0.15, 0.2) is 0 Å². The van der Waals surface area contributed by atoms with E-state index in [-0.39, 0.29) is 6.04 Å². The number of nitrogens with two attached hydrogens (primary N) is 1. The first kappa shape index (κ1) is 8.44. The van der Waals surface area contributed by atoms with Crippen LogP contribution < -0.4 is 5.73 Å². The summed E-state index contributed by atoms with van der Waals surface area (Å²) in [6.45, 7) is 5.18. The molecular formula is C8H16N2O2. The summed E-state index contributed by atoms with van der Waals surface area (Å²) in [4.78, 5) is 2.38. The van der Waals surface area contributed by atoms with Crippen molar-refractivity contribution in [2.24, 2.45) is 5.73 Å². The van der Waals surface area contributed by atoms with Gasteiger partial charge in [0.1, 0.15) is 0 Å². The van der Waals surface area contributed by atoms with Crippen LogP contribution in [0, 0.1) is 0 Å². The Hall–Kier alpha value is -0.160. The Kier molecular flexibility index (Phi) is 2.60. The molecule has 4 nitrogen and oxygen atoms in total. The van der Waals surface area contributed by atoms with Crippen LogP contribution in [-0.4, -0.2) is 56.5 Å². The molecule has 2 saturated heterocycles. The zero-order valence-electron chi connectivity index (χ0n) is 7.24. The van der Waals surface area contributed by atoms with Gasteiger partial charge in [0.2, 0.25) is 0 Å². The van der Waals surface area contributed by atoms with Gasteiger partial charge in [-0.3, -0.25) is 4.90 Å². The summed E-state index contributed by atoms with van der Waals surface area (Å²) >= 11 is 0. The molecule has 2 heterocycles. The van der Waals surface area contributed by atoms with Crippen LogP contribution in [0.15, 0.2) is 0 Å². The van der Waals surface area contributed by atoms with Crippen molar-refractivity contribution in [3.05, 3.63) is 0 Å². The van der Waals surface area contributed by atoms with Crippen LogP contribution in [0.1, 0.15) is 0 Å². The fourth-order valence-corrected chi connectivity index (χ4v) is 1.84. The summed E-state index contributed by atoms with van der Waals surface area (Å²) in [5.74, 6) is 0. The lowest BCUT2D eigenvalue weighted by Gasteiger charge is -2.33. The van der Waals surface area contributed by atoms with Crippen molar-refractivity contribution in [3.8, 4) is 0 Å². The highest BCUT2D eigenvalue weighted by atomic mass is 16.5. The topological polar surface area (TPSA) is 47.7 Å². The molecule has 70 valence electrons. The van der Waals surface area contributed by atoms with Crippen LogP contribution in [-0.2, 0) is 9.47 Å². The lowest BCUT2D eigenvalue weighted by Crippen LogP contribution is -2.51. The summed E-state index contributed by atoms with van der Waals surface area (Å²) in [6, 6.07) is 0.622. The van der Waals surface area contributed by atoms with E-state index in [1.807, 2.05) is 0 Å². The molecule has 2 atom stereocenters. The smallest absolute Gasteiger partial charge is 0.0638 e. The monoisotopic (exact) mass is 172 g/mol. The number of morpholine rings is 1. The summed E-state index contributed by atoms with van der Waals surface area (Å²) in [7, 11) is 0. The van der Waals surface area contributed by atoms with Gasteiger partial charge in [-0.25, -0.2) is 0 Å². The summed E-state index contributed by atoms with van der Waals surface area (Å²) in [5, 5.41) is 0. The number of hydrogen-bond donors (Lipinski definition) is 1. The number of nitrogens with zero attached hydrogens (tertiary/aromatic N) is 1. The minimum Gasteiger partial charge on any atom is -0.379 e. The highest BCUT2D eigenvalue weighted by Crippen LogP contribution is 2.12. The van der Waals surface area contributed by atoms with Crippen molar-refractivity contribution in [3.63, 3.8) is 0 Å². The SMILES string of the molecule is N[C@@H]1COC[C@@H]1N1CCOCC1. The van der Waals surface area contributed by atoms with Crippen molar-refractivity contribution in [1.82, 2.24) is 4.90 Å². The van der Waals surface area contributed by atoms with Gasteiger partial charge in [-0.2, -0.15) is 0 Å². The molecule has 0 unspecified atom stereocenters. The molecule has 0 aromatic rings. The van der Waals surface area contributed by atoms with Crippen molar-refractivity contribution in [1.29, 1.82) is 0 Å². The molecule has 2 fully saturated rings. The van der Waals surface area contributed by atoms with Gasteiger partial charge in [-0.1, -0.05) is 0 Å². The van der Waals surface area contributed by atoms with Crippen LogP contribution >= 0.6 is 0 Å². The highest BCUT2D eigenvalue weighted by molar-refractivity contribution is 4.87. The van der Waals surface area contributed by atoms with Gasteiger partial charge in [0.25, 0.3) is 0 Å². The lowest BCUT2D eigenvalue weighted by molar-refractivity contribution is 0.0123. The fourth-order valence-electron chi connectivity index (χ4n) is 1.84. The van der Waals surface area contributed by atoms with Gasteiger partial charge in [-0.05, 0) is 0 Å². The lowest BCUT2D eigenvalue weighted by atomic mass is 10.1. The van der Waals surface area contributed by atoms with Gasteiger partial charge >= 0.3 is 0 Å².